The number of rotatable bonds is 4. The summed E-state index contributed by atoms with van der Waals surface area (Å²) in [4.78, 5) is 6.38. The molecule has 0 radical (unpaired) electrons. The molecule has 0 bridgehead atoms. The van der Waals surface area contributed by atoms with Crippen molar-refractivity contribution in [3.05, 3.63) is 11.7 Å². The Labute approximate surface area is 119 Å². The van der Waals surface area contributed by atoms with Crippen molar-refractivity contribution in [2.75, 3.05) is 26.2 Å². The molecule has 20 heavy (non-hydrogen) atoms. The fourth-order valence-corrected chi connectivity index (χ4v) is 4.42. The molecular weight excluding hydrogens is 280 g/mol. The highest BCUT2D eigenvalue weighted by atomic mass is 32.2. The van der Waals surface area contributed by atoms with Crippen LogP contribution in [0, 0.1) is 6.92 Å². The molecule has 1 saturated heterocycles. The van der Waals surface area contributed by atoms with Crippen molar-refractivity contribution in [2.45, 2.75) is 38.0 Å². The van der Waals surface area contributed by atoms with Crippen LogP contribution in [0.15, 0.2) is 4.52 Å². The standard InChI is InChI=1S/C12H20N4O3S/c1-10-13-12(14-19-10)9-15-5-2-6-16(8-7-15)20(17,18)11-3-4-11/h11H,2-9H2,1H3. The number of sulfonamides is 1. The zero-order valence-corrected chi connectivity index (χ0v) is 12.5. The van der Waals surface area contributed by atoms with Crippen LogP contribution in [0.25, 0.3) is 0 Å². The lowest BCUT2D eigenvalue weighted by Gasteiger charge is -2.20. The van der Waals surface area contributed by atoms with E-state index < -0.39 is 10.0 Å². The first-order valence-electron chi connectivity index (χ1n) is 7.06. The number of hydrogen-bond donors (Lipinski definition) is 0. The van der Waals surface area contributed by atoms with Gasteiger partial charge in [-0.1, -0.05) is 5.16 Å². The van der Waals surface area contributed by atoms with Crippen molar-refractivity contribution < 1.29 is 12.9 Å². The molecule has 2 fully saturated rings. The van der Waals surface area contributed by atoms with Crippen molar-refractivity contribution in [2.24, 2.45) is 0 Å². The van der Waals surface area contributed by atoms with E-state index >= 15 is 0 Å². The Hall–Kier alpha value is -0.990. The maximum atomic E-state index is 12.2. The normalized spacial score (nSPS) is 22.9. The van der Waals surface area contributed by atoms with Crippen LogP contribution in [-0.4, -0.2) is 59.2 Å². The monoisotopic (exact) mass is 300 g/mol. The molecule has 112 valence electrons. The topological polar surface area (TPSA) is 79.5 Å². The minimum absolute atomic E-state index is 0.117. The third-order valence-corrected chi connectivity index (χ3v) is 6.19. The Morgan fingerprint density at radius 1 is 1.25 bits per heavy atom. The van der Waals surface area contributed by atoms with E-state index in [4.69, 9.17) is 4.52 Å². The van der Waals surface area contributed by atoms with Gasteiger partial charge in [0.15, 0.2) is 5.82 Å². The molecule has 0 unspecified atom stereocenters. The molecule has 2 aliphatic rings. The molecule has 1 aromatic heterocycles. The quantitative estimate of drug-likeness (QED) is 0.799. The number of nitrogens with zero attached hydrogens (tertiary/aromatic N) is 4. The van der Waals surface area contributed by atoms with Gasteiger partial charge in [0, 0.05) is 26.6 Å². The first-order valence-corrected chi connectivity index (χ1v) is 8.56. The van der Waals surface area contributed by atoms with Crippen LogP contribution < -0.4 is 0 Å². The van der Waals surface area contributed by atoms with Gasteiger partial charge in [0.2, 0.25) is 15.9 Å². The van der Waals surface area contributed by atoms with E-state index in [1.54, 1.807) is 11.2 Å². The van der Waals surface area contributed by atoms with Gasteiger partial charge in [-0.25, -0.2) is 12.7 Å². The third kappa shape index (κ3) is 3.02. The summed E-state index contributed by atoms with van der Waals surface area (Å²) >= 11 is 0. The van der Waals surface area contributed by atoms with Crippen LogP contribution >= 0.6 is 0 Å². The highest BCUT2D eigenvalue weighted by Crippen LogP contribution is 2.31. The Bertz CT molecular complexity index is 567. The van der Waals surface area contributed by atoms with Gasteiger partial charge in [0.05, 0.1) is 11.8 Å². The summed E-state index contributed by atoms with van der Waals surface area (Å²) in [5.41, 5.74) is 0. The summed E-state index contributed by atoms with van der Waals surface area (Å²) in [6.45, 7) is 5.16. The van der Waals surface area contributed by atoms with E-state index in [-0.39, 0.29) is 5.25 Å². The lowest BCUT2D eigenvalue weighted by molar-refractivity contribution is 0.266. The van der Waals surface area contributed by atoms with E-state index in [1.165, 1.54) is 0 Å². The second-order valence-electron chi connectivity index (χ2n) is 5.50. The second-order valence-corrected chi connectivity index (χ2v) is 7.72. The number of aromatic nitrogens is 2. The predicted octanol–water partition coefficient (Wildman–Crippen LogP) is 0.378. The lowest BCUT2D eigenvalue weighted by Crippen LogP contribution is -2.37. The molecule has 0 spiro atoms. The SMILES string of the molecule is Cc1nc(CN2CCCN(S(=O)(=O)C3CC3)CC2)no1. The van der Waals surface area contributed by atoms with Gasteiger partial charge in [0.1, 0.15) is 0 Å². The molecule has 3 rings (SSSR count). The van der Waals surface area contributed by atoms with Crippen molar-refractivity contribution in [3.8, 4) is 0 Å². The van der Waals surface area contributed by atoms with Gasteiger partial charge in [-0.05, 0) is 25.8 Å². The second kappa shape index (κ2) is 5.42. The van der Waals surface area contributed by atoms with E-state index in [1.807, 2.05) is 0 Å². The minimum Gasteiger partial charge on any atom is -0.340 e. The summed E-state index contributed by atoms with van der Waals surface area (Å²) in [6, 6.07) is 0. The summed E-state index contributed by atoms with van der Waals surface area (Å²) in [5.74, 6) is 1.23. The van der Waals surface area contributed by atoms with Crippen molar-refractivity contribution in [1.82, 2.24) is 19.3 Å². The van der Waals surface area contributed by atoms with Gasteiger partial charge in [0.25, 0.3) is 0 Å². The Kier molecular flexibility index (Phi) is 3.78. The Morgan fingerprint density at radius 3 is 2.70 bits per heavy atom. The zero-order valence-electron chi connectivity index (χ0n) is 11.7. The Morgan fingerprint density at radius 2 is 2.05 bits per heavy atom. The van der Waals surface area contributed by atoms with Crippen molar-refractivity contribution >= 4 is 10.0 Å². The number of hydrogen-bond acceptors (Lipinski definition) is 6. The number of aryl methyl sites for hydroxylation is 1. The molecule has 0 aromatic carbocycles. The fourth-order valence-electron chi connectivity index (χ4n) is 2.54. The minimum atomic E-state index is -3.05. The average molecular weight is 300 g/mol. The summed E-state index contributed by atoms with van der Waals surface area (Å²) in [7, 11) is -3.05. The van der Waals surface area contributed by atoms with Crippen LogP contribution in [0.1, 0.15) is 31.0 Å². The summed E-state index contributed by atoms with van der Waals surface area (Å²) in [6.07, 6.45) is 2.50. The predicted molar refractivity (Wildman–Crippen MR) is 72.4 cm³/mol. The first kappa shape index (κ1) is 14.0. The molecule has 1 saturated carbocycles. The molecule has 0 amide bonds. The van der Waals surface area contributed by atoms with Crippen LogP contribution in [0.5, 0.6) is 0 Å². The van der Waals surface area contributed by atoms with Crippen LogP contribution in [0.3, 0.4) is 0 Å². The molecule has 7 nitrogen and oxygen atoms in total. The maximum Gasteiger partial charge on any atom is 0.223 e. The Balaban J connectivity index is 1.59. The van der Waals surface area contributed by atoms with E-state index in [0.717, 1.165) is 32.4 Å². The largest absolute Gasteiger partial charge is 0.340 e. The molecule has 1 aliphatic heterocycles. The molecule has 8 heteroatoms. The third-order valence-electron chi connectivity index (χ3n) is 3.79. The highest BCUT2D eigenvalue weighted by Gasteiger charge is 2.40. The van der Waals surface area contributed by atoms with Gasteiger partial charge in [-0.15, -0.1) is 0 Å². The first-order chi connectivity index (χ1) is 9.55. The molecule has 0 N–H and O–H groups in total. The van der Waals surface area contributed by atoms with Crippen LogP contribution in [0.2, 0.25) is 0 Å². The zero-order chi connectivity index (χ0) is 14.2. The fraction of sp³-hybridized carbons (Fsp3) is 0.833. The van der Waals surface area contributed by atoms with Crippen molar-refractivity contribution in [3.63, 3.8) is 0 Å². The van der Waals surface area contributed by atoms with Gasteiger partial charge in [-0.2, -0.15) is 4.98 Å². The highest BCUT2D eigenvalue weighted by molar-refractivity contribution is 7.90. The van der Waals surface area contributed by atoms with Gasteiger partial charge >= 0.3 is 0 Å². The van der Waals surface area contributed by atoms with E-state index in [2.05, 4.69) is 15.0 Å². The van der Waals surface area contributed by atoms with Crippen LogP contribution in [-0.2, 0) is 16.6 Å². The maximum absolute atomic E-state index is 12.2. The van der Waals surface area contributed by atoms with Gasteiger partial charge in [-0.3, -0.25) is 4.90 Å². The molecule has 1 aromatic rings. The molecule has 0 atom stereocenters. The van der Waals surface area contributed by atoms with Gasteiger partial charge < -0.3 is 4.52 Å². The van der Waals surface area contributed by atoms with Crippen molar-refractivity contribution in [1.29, 1.82) is 0 Å². The van der Waals surface area contributed by atoms with E-state index in [0.29, 0.717) is 31.3 Å². The molecule has 2 heterocycles. The smallest absolute Gasteiger partial charge is 0.223 e. The summed E-state index contributed by atoms with van der Waals surface area (Å²) in [5, 5.41) is 3.77. The summed E-state index contributed by atoms with van der Waals surface area (Å²) < 4.78 is 31.1. The molecular formula is C12H20N4O3S. The lowest BCUT2D eigenvalue weighted by atomic mass is 10.4. The van der Waals surface area contributed by atoms with Crippen LogP contribution in [0.4, 0.5) is 0 Å². The van der Waals surface area contributed by atoms with E-state index in [9.17, 15) is 8.42 Å². The molecule has 1 aliphatic carbocycles. The average Bonchev–Trinajstić information content (AvgIpc) is 3.19.